The number of rotatable bonds is 6. The van der Waals surface area contributed by atoms with E-state index in [0.29, 0.717) is 0 Å². The second kappa shape index (κ2) is 8.41. The summed E-state index contributed by atoms with van der Waals surface area (Å²) in [6, 6.07) is 15.4. The van der Waals surface area contributed by atoms with Crippen molar-refractivity contribution in [2.24, 2.45) is 0 Å². The molecule has 0 unspecified atom stereocenters. The van der Waals surface area contributed by atoms with Gasteiger partial charge in [0.1, 0.15) is 0 Å². The van der Waals surface area contributed by atoms with Gasteiger partial charge in [-0.05, 0) is 61.9 Å². The predicted octanol–water partition coefficient (Wildman–Crippen LogP) is 4.73. The van der Waals surface area contributed by atoms with Crippen LogP contribution in [-0.4, -0.2) is 37.0 Å². The fourth-order valence-electron chi connectivity index (χ4n) is 6.28. The molecule has 2 heterocycles. The number of fused-ring (bicyclic) bond motifs is 1. The molecule has 1 saturated carbocycles. The van der Waals surface area contributed by atoms with Crippen molar-refractivity contribution < 1.29 is 9.47 Å². The van der Waals surface area contributed by atoms with Crippen LogP contribution in [0.25, 0.3) is 0 Å². The molecule has 1 aromatic carbocycles. The molecular formula is C26H34N2O2. The fourth-order valence-corrected chi connectivity index (χ4v) is 6.28. The van der Waals surface area contributed by atoms with Crippen molar-refractivity contribution in [3.63, 3.8) is 0 Å². The van der Waals surface area contributed by atoms with Crippen LogP contribution in [0.4, 0.5) is 0 Å². The van der Waals surface area contributed by atoms with Gasteiger partial charge in [0.25, 0.3) is 0 Å². The predicted molar refractivity (Wildman–Crippen MR) is 119 cm³/mol. The minimum absolute atomic E-state index is 0.0742. The number of pyridine rings is 1. The number of nitrogens with zero attached hydrogens (tertiary/aromatic N) is 1. The molecule has 30 heavy (non-hydrogen) atoms. The van der Waals surface area contributed by atoms with Crippen molar-refractivity contribution in [2.45, 2.75) is 74.5 Å². The number of ether oxygens (including phenoxy) is 2. The highest BCUT2D eigenvalue weighted by Gasteiger charge is 2.48. The number of hydrogen-bond acceptors (Lipinski definition) is 4. The van der Waals surface area contributed by atoms with Crippen molar-refractivity contribution in [3.05, 3.63) is 65.5 Å². The van der Waals surface area contributed by atoms with E-state index in [1.807, 2.05) is 19.4 Å². The van der Waals surface area contributed by atoms with Crippen LogP contribution < -0.4 is 5.32 Å². The molecule has 2 aromatic rings. The molecule has 5 rings (SSSR count). The quantitative estimate of drug-likeness (QED) is 0.753. The normalized spacial score (nSPS) is 29.9. The first-order chi connectivity index (χ1) is 14.7. The Morgan fingerprint density at radius 3 is 2.73 bits per heavy atom. The van der Waals surface area contributed by atoms with E-state index in [2.05, 4.69) is 41.7 Å². The zero-order chi connectivity index (χ0) is 20.4. The molecule has 1 aromatic heterocycles. The van der Waals surface area contributed by atoms with Gasteiger partial charge in [0.05, 0.1) is 17.7 Å². The summed E-state index contributed by atoms with van der Waals surface area (Å²) in [5.41, 5.74) is 4.23. The van der Waals surface area contributed by atoms with E-state index in [0.717, 1.165) is 38.8 Å². The number of nitrogens with one attached hydrogen (secondary N) is 1. The van der Waals surface area contributed by atoms with Crippen molar-refractivity contribution in [3.8, 4) is 0 Å². The Balaban J connectivity index is 1.35. The van der Waals surface area contributed by atoms with Crippen LogP contribution in [-0.2, 0) is 21.3 Å². The first-order valence-electron chi connectivity index (χ1n) is 11.6. The number of hydrogen-bond donors (Lipinski definition) is 1. The van der Waals surface area contributed by atoms with Gasteiger partial charge >= 0.3 is 0 Å². The highest BCUT2D eigenvalue weighted by Crippen LogP contribution is 2.49. The summed E-state index contributed by atoms with van der Waals surface area (Å²) >= 11 is 0. The lowest BCUT2D eigenvalue weighted by Gasteiger charge is -2.46. The van der Waals surface area contributed by atoms with Crippen molar-refractivity contribution >= 4 is 0 Å². The SMILES string of the molecule is CO[C@H]1Cc2ccccc2[C@@H]1NCC[C@@]1(c2ccccn2)CCOC2(CCCC2)C1. The molecule has 3 atom stereocenters. The molecular weight excluding hydrogens is 372 g/mol. The molecule has 0 amide bonds. The van der Waals surface area contributed by atoms with Gasteiger partial charge in [-0.15, -0.1) is 0 Å². The van der Waals surface area contributed by atoms with Gasteiger partial charge in [-0.2, -0.15) is 0 Å². The van der Waals surface area contributed by atoms with Crippen LogP contribution in [0, 0.1) is 0 Å². The largest absolute Gasteiger partial charge is 0.379 e. The summed E-state index contributed by atoms with van der Waals surface area (Å²) in [5.74, 6) is 0. The van der Waals surface area contributed by atoms with E-state index in [9.17, 15) is 0 Å². The van der Waals surface area contributed by atoms with Gasteiger partial charge in [0.15, 0.2) is 0 Å². The smallest absolute Gasteiger partial charge is 0.0806 e. The summed E-state index contributed by atoms with van der Waals surface area (Å²) in [4.78, 5) is 4.84. The molecule has 2 aliphatic carbocycles. The summed E-state index contributed by atoms with van der Waals surface area (Å²) in [5, 5.41) is 3.87. The van der Waals surface area contributed by atoms with Gasteiger partial charge in [-0.25, -0.2) is 0 Å². The van der Waals surface area contributed by atoms with E-state index < -0.39 is 0 Å². The lowest BCUT2D eigenvalue weighted by atomic mass is 9.68. The van der Waals surface area contributed by atoms with Crippen LogP contribution in [0.5, 0.6) is 0 Å². The molecule has 1 aliphatic heterocycles. The minimum atomic E-state index is 0.0742. The standard InChI is InChI=1S/C26H34N2O2/c1-29-22-18-20-8-2-3-9-21(20)24(22)28-16-13-25(23-10-4-7-15-27-23)14-17-30-26(19-25)11-5-6-12-26/h2-4,7-10,15,22,24,28H,5-6,11-14,16-19H2,1H3/t22-,24-,25+/m0/s1. The fraction of sp³-hybridized carbons (Fsp3) is 0.577. The van der Waals surface area contributed by atoms with E-state index in [1.54, 1.807) is 0 Å². The monoisotopic (exact) mass is 406 g/mol. The van der Waals surface area contributed by atoms with E-state index in [1.165, 1.54) is 42.5 Å². The molecule has 0 bridgehead atoms. The zero-order valence-corrected chi connectivity index (χ0v) is 18.1. The lowest BCUT2D eigenvalue weighted by molar-refractivity contribution is -0.104. The van der Waals surface area contributed by atoms with Gasteiger partial charge < -0.3 is 14.8 Å². The number of methoxy groups -OCH3 is 1. The van der Waals surface area contributed by atoms with Crippen LogP contribution in [0.3, 0.4) is 0 Å². The van der Waals surface area contributed by atoms with Crippen LogP contribution in [0.1, 0.15) is 67.8 Å². The zero-order valence-electron chi connectivity index (χ0n) is 18.1. The van der Waals surface area contributed by atoms with E-state index in [-0.39, 0.29) is 23.2 Å². The molecule has 3 aliphatic rings. The maximum absolute atomic E-state index is 6.40. The Bertz CT molecular complexity index is 849. The minimum Gasteiger partial charge on any atom is -0.379 e. The third-order valence-corrected chi connectivity index (χ3v) is 7.83. The van der Waals surface area contributed by atoms with Crippen molar-refractivity contribution in [1.29, 1.82) is 0 Å². The van der Waals surface area contributed by atoms with E-state index in [4.69, 9.17) is 14.5 Å². The Morgan fingerprint density at radius 2 is 1.93 bits per heavy atom. The summed E-state index contributed by atoms with van der Waals surface area (Å²) in [6.07, 6.45) is 11.4. The summed E-state index contributed by atoms with van der Waals surface area (Å²) in [6.45, 7) is 1.81. The summed E-state index contributed by atoms with van der Waals surface area (Å²) < 4.78 is 12.2. The molecule has 160 valence electrons. The van der Waals surface area contributed by atoms with Crippen LogP contribution in [0.2, 0.25) is 0 Å². The third kappa shape index (κ3) is 3.70. The Morgan fingerprint density at radius 1 is 1.10 bits per heavy atom. The second-order valence-corrected chi connectivity index (χ2v) is 9.52. The first-order valence-corrected chi connectivity index (χ1v) is 11.6. The Hall–Kier alpha value is -1.75. The Labute approximate surface area is 180 Å². The van der Waals surface area contributed by atoms with Crippen LogP contribution >= 0.6 is 0 Å². The highest BCUT2D eigenvalue weighted by atomic mass is 16.5. The first kappa shape index (κ1) is 20.2. The highest BCUT2D eigenvalue weighted by molar-refractivity contribution is 5.36. The molecule has 2 fully saturated rings. The average Bonchev–Trinajstić information content (AvgIpc) is 3.39. The molecule has 1 N–H and O–H groups in total. The maximum atomic E-state index is 6.40. The average molecular weight is 407 g/mol. The molecule has 1 spiro atoms. The Kier molecular flexibility index (Phi) is 5.65. The maximum Gasteiger partial charge on any atom is 0.0806 e. The second-order valence-electron chi connectivity index (χ2n) is 9.52. The summed E-state index contributed by atoms with van der Waals surface area (Å²) in [7, 11) is 1.84. The van der Waals surface area contributed by atoms with Crippen LogP contribution in [0.15, 0.2) is 48.7 Å². The molecule has 4 nitrogen and oxygen atoms in total. The topological polar surface area (TPSA) is 43.4 Å². The van der Waals surface area contributed by atoms with Crippen molar-refractivity contribution in [1.82, 2.24) is 10.3 Å². The van der Waals surface area contributed by atoms with Gasteiger partial charge in [-0.1, -0.05) is 43.2 Å². The molecule has 1 saturated heterocycles. The van der Waals surface area contributed by atoms with Gasteiger partial charge in [0.2, 0.25) is 0 Å². The third-order valence-electron chi connectivity index (χ3n) is 7.83. The number of aromatic nitrogens is 1. The van der Waals surface area contributed by atoms with Gasteiger partial charge in [-0.3, -0.25) is 4.98 Å². The number of benzene rings is 1. The molecule has 0 radical (unpaired) electrons. The lowest BCUT2D eigenvalue weighted by Crippen LogP contribution is -2.47. The van der Waals surface area contributed by atoms with Gasteiger partial charge in [0, 0.05) is 37.4 Å². The molecule has 4 heteroatoms. The van der Waals surface area contributed by atoms with E-state index >= 15 is 0 Å². The van der Waals surface area contributed by atoms with Crippen molar-refractivity contribution in [2.75, 3.05) is 20.3 Å².